The lowest BCUT2D eigenvalue weighted by molar-refractivity contribution is 0.0706. The van der Waals surface area contributed by atoms with Crippen LogP contribution in [0.1, 0.15) is 53.9 Å². The first-order chi connectivity index (χ1) is 13.8. The largest absolute Gasteiger partial charge is 0.381 e. The van der Waals surface area contributed by atoms with Gasteiger partial charge in [-0.2, -0.15) is 10.1 Å². The Morgan fingerprint density at radius 2 is 2.18 bits per heavy atom. The Balaban J connectivity index is 1.28. The Morgan fingerprint density at radius 1 is 1.29 bits per heavy atom. The first-order valence-electron chi connectivity index (χ1n) is 9.94. The fourth-order valence-electron chi connectivity index (χ4n) is 3.73. The standard InChI is InChI=1S/C20H23N5O3/c26-20(18-14-4-1-2-5-15(14)22-23-18)25-10-3-6-16(25)19-21-17(24-28-19)9-11-27-12-13-7-8-13/h1-2,4-5,13,16H,3,6-12H2,(H,22,23). The quantitative estimate of drug-likeness (QED) is 0.632. The molecule has 1 amide bonds. The number of fused-ring (bicyclic) bond motifs is 1. The number of aromatic nitrogens is 4. The van der Waals surface area contributed by atoms with Crippen LogP contribution in [0.15, 0.2) is 28.8 Å². The first kappa shape index (κ1) is 17.4. The lowest BCUT2D eigenvalue weighted by Gasteiger charge is -2.20. The molecule has 1 saturated heterocycles. The molecule has 1 aromatic carbocycles. The van der Waals surface area contributed by atoms with E-state index in [4.69, 9.17) is 9.26 Å². The van der Waals surface area contributed by atoms with Gasteiger partial charge in [0.15, 0.2) is 11.5 Å². The van der Waals surface area contributed by atoms with E-state index in [9.17, 15) is 4.79 Å². The minimum absolute atomic E-state index is 0.104. The summed E-state index contributed by atoms with van der Waals surface area (Å²) < 4.78 is 11.1. The highest BCUT2D eigenvalue weighted by Crippen LogP contribution is 2.33. The van der Waals surface area contributed by atoms with Gasteiger partial charge in [-0.1, -0.05) is 23.4 Å². The third kappa shape index (κ3) is 3.40. The number of aromatic amines is 1. The third-order valence-corrected chi connectivity index (χ3v) is 5.48. The second kappa shape index (κ2) is 7.35. The number of carbonyl (C=O) groups excluding carboxylic acids is 1. The summed E-state index contributed by atoms with van der Waals surface area (Å²) in [5, 5.41) is 12.1. The van der Waals surface area contributed by atoms with Crippen LogP contribution in [0.5, 0.6) is 0 Å². The number of hydrogen-bond donors (Lipinski definition) is 1. The van der Waals surface area contributed by atoms with Crippen LogP contribution >= 0.6 is 0 Å². The number of nitrogens with zero attached hydrogens (tertiary/aromatic N) is 4. The van der Waals surface area contributed by atoms with Gasteiger partial charge in [0.25, 0.3) is 5.91 Å². The van der Waals surface area contributed by atoms with Gasteiger partial charge in [-0.3, -0.25) is 9.89 Å². The summed E-state index contributed by atoms with van der Waals surface area (Å²) in [5.41, 5.74) is 1.29. The number of benzene rings is 1. The summed E-state index contributed by atoms with van der Waals surface area (Å²) in [6, 6.07) is 7.45. The van der Waals surface area contributed by atoms with Gasteiger partial charge < -0.3 is 14.2 Å². The second-order valence-corrected chi connectivity index (χ2v) is 7.59. The van der Waals surface area contributed by atoms with Crippen molar-refractivity contribution in [3.05, 3.63) is 41.7 Å². The zero-order valence-corrected chi connectivity index (χ0v) is 15.6. The van der Waals surface area contributed by atoms with E-state index in [1.165, 1.54) is 12.8 Å². The summed E-state index contributed by atoms with van der Waals surface area (Å²) in [6.45, 7) is 2.09. The van der Waals surface area contributed by atoms with E-state index in [1.807, 2.05) is 24.3 Å². The summed E-state index contributed by atoms with van der Waals surface area (Å²) in [5.74, 6) is 1.78. The number of amides is 1. The Bertz CT molecular complexity index is 977. The molecular formula is C20H23N5O3. The molecule has 3 aromatic rings. The van der Waals surface area contributed by atoms with E-state index in [2.05, 4.69) is 20.3 Å². The first-order valence-corrected chi connectivity index (χ1v) is 9.94. The molecule has 2 aromatic heterocycles. The molecule has 8 nitrogen and oxygen atoms in total. The third-order valence-electron chi connectivity index (χ3n) is 5.48. The Hall–Kier alpha value is -2.74. The van der Waals surface area contributed by atoms with Crippen molar-refractivity contribution in [3.63, 3.8) is 0 Å². The number of rotatable bonds is 7. The molecular weight excluding hydrogens is 358 g/mol. The predicted molar refractivity (Wildman–Crippen MR) is 101 cm³/mol. The summed E-state index contributed by atoms with van der Waals surface area (Å²) in [6.07, 6.45) is 4.90. The van der Waals surface area contributed by atoms with Crippen LogP contribution in [0.2, 0.25) is 0 Å². The van der Waals surface area contributed by atoms with Crippen molar-refractivity contribution in [3.8, 4) is 0 Å². The van der Waals surface area contributed by atoms with Crippen molar-refractivity contribution in [2.24, 2.45) is 5.92 Å². The normalized spacial score (nSPS) is 19.6. The monoisotopic (exact) mass is 381 g/mol. The molecule has 1 unspecified atom stereocenters. The topological polar surface area (TPSA) is 97.1 Å². The molecule has 8 heteroatoms. The van der Waals surface area contributed by atoms with Crippen LogP contribution in [0.25, 0.3) is 10.9 Å². The van der Waals surface area contributed by atoms with Crippen molar-refractivity contribution < 1.29 is 14.1 Å². The average molecular weight is 381 g/mol. The maximum atomic E-state index is 13.1. The fourth-order valence-corrected chi connectivity index (χ4v) is 3.73. The van der Waals surface area contributed by atoms with E-state index in [0.717, 1.165) is 36.3 Å². The number of hydrogen-bond acceptors (Lipinski definition) is 6. The van der Waals surface area contributed by atoms with Crippen molar-refractivity contribution in [1.82, 2.24) is 25.2 Å². The van der Waals surface area contributed by atoms with E-state index >= 15 is 0 Å². The lowest BCUT2D eigenvalue weighted by atomic mass is 10.1. The minimum atomic E-state index is -0.198. The Kier molecular flexibility index (Phi) is 4.56. The highest BCUT2D eigenvalue weighted by molar-refractivity contribution is 6.04. The minimum Gasteiger partial charge on any atom is -0.381 e. The van der Waals surface area contributed by atoms with Gasteiger partial charge in [0.2, 0.25) is 5.89 Å². The summed E-state index contributed by atoms with van der Waals surface area (Å²) >= 11 is 0. The van der Waals surface area contributed by atoms with Crippen LogP contribution in [0.4, 0.5) is 0 Å². The molecule has 0 spiro atoms. The molecule has 0 bridgehead atoms. The van der Waals surface area contributed by atoms with Gasteiger partial charge >= 0.3 is 0 Å². The molecule has 2 fully saturated rings. The number of nitrogens with one attached hydrogen (secondary N) is 1. The van der Waals surface area contributed by atoms with Crippen LogP contribution in [0, 0.1) is 5.92 Å². The van der Waals surface area contributed by atoms with E-state index in [0.29, 0.717) is 37.0 Å². The highest BCUT2D eigenvalue weighted by Gasteiger charge is 2.36. The summed E-state index contributed by atoms with van der Waals surface area (Å²) in [4.78, 5) is 19.4. The lowest BCUT2D eigenvalue weighted by Crippen LogP contribution is -2.31. The number of H-pyrrole nitrogens is 1. The maximum Gasteiger partial charge on any atom is 0.275 e. The van der Waals surface area contributed by atoms with Crippen molar-refractivity contribution in [1.29, 1.82) is 0 Å². The molecule has 1 aliphatic carbocycles. The molecule has 1 N–H and O–H groups in total. The van der Waals surface area contributed by atoms with Gasteiger partial charge in [-0.15, -0.1) is 0 Å². The van der Waals surface area contributed by atoms with Crippen LogP contribution < -0.4 is 0 Å². The number of para-hydroxylation sites is 1. The van der Waals surface area contributed by atoms with E-state index < -0.39 is 0 Å². The molecule has 0 radical (unpaired) electrons. The predicted octanol–water partition coefficient (Wildman–Crippen LogP) is 2.89. The average Bonchev–Trinajstić information content (AvgIpc) is 3.14. The van der Waals surface area contributed by atoms with Gasteiger partial charge in [0.1, 0.15) is 6.04 Å². The van der Waals surface area contributed by atoms with Gasteiger partial charge in [-0.25, -0.2) is 0 Å². The van der Waals surface area contributed by atoms with Crippen molar-refractivity contribution in [2.45, 2.75) is 38.1 Å². The number of likely N-dealkylation sites (tertiary alicyclic amines) is 1. The molecule has 3 heterocycles. The van der Waals surface area contributed by atoms with E-state index in [1.54, 1.807) is 4.90 Å². The zero-order valence-electron chi connectivity index (χ0n) is 15.6. The molecule has 1 aliphatic heterocycles. The van der Waals surface area contributed by atoms with Crippen molar-refractivity contribution in [2.75, 3.05) is 19.8 Å². The van der Waals surface area contributed by atoms with Crippen molar-refractivity contribution >= 4 is 16.8 Å². The zero-order chi connectivity index (χ0) is 18.9. The smallest absolute Gasteiger partial charge is 0.275 e. The maximum absolute atomic E-state index is 13.1. The SMILES string of the molecule is O=C(c1n[nH]c2ccccc12)N1CCCC1c1nc(CCOCC2CC2)no1. The molecule has 146 valence electrons. The molecule has 28 heavy (non-hydrogen) atoms. The van der Waals surface area contributed by atoms with Gasteiger partial charge in [0, 0.05) is 25.0 Å². The fraction of sp³-hybridized carbons (Fsp3) is 0.500. The molecule has 2 aliphatic rings. The van der Waals surface area contributed by atoms with Crippen LogP contribution in [-0.4, -0.2) is 50.9 Å². The molecule has 1 atom stereocenters. The van der Waals surface area contributed by atoms with Gasteiger partial charge in [-0.05, 0) is 37.7 Å². The number of ether oxygens (including phenoxy) is 1. The number of carbonyl (C=O) groups is 1. The van der Waals surface area contributed by atoms with Crippen LogP contribution in [0.3, 0.4) is 0 Å². The molecule has 1 saturated carbocycles. The molecule has 5 rings (SSSR count). The second-order valence-electron chi connectivity index (χ2n) is 7.59. The summed E-state index contributed by atoms with van der Waals surface area (Å²) in [7, 11) is 0. The van der Waals surface area contributed by atoms with Gasteiger partial charge in [0.05, 0.1) is 12.1 Å². The van der Waals surface area contributed by atoms with Crippen LogP contribution in [-0.2, 0) is 11.2 Å². The van der Waals surface area contributed by atoms with E-state index in [-0.39, 0.29) is 11.9 Å². The Morgan fingerprint density at radius 3 is 3.07 bits per heavy atom. The Labute approximate surface area is 162 Å². The highest BCUT2D eigenvalue weighted by atomic mass is 16.5.